The van der Waals surface area contributed by atoms with Crippen molar-refractivity contribution in [2.45, 2.75) is 33.7 Å². The van der Waals surface area contributed by atoms with Gasteiger partial charge in [0.15, 0.2) is 0 Å². The smallest absolute Gasteiger partial charge is 0.251 e. The van der Waals surface area contributed by atoms with Gasteiger partial charge in [0.05, 0.1) is 0 Å². The number of hydrogen-bond acceptors (Lipinski definition) is 2. The summed E-state index contributed by atoms with van der Waals surface area (Å²) in [4.78, 5) is 12.0. The third-order valence-electron chi connectivity index (χ3n) is 3.06. The summed E-state index contributed by atoms with van der Waals surface area (Å²) >= 11 is 0. The number of rotatable bonds is 4. The van der Waals surface area contributed by atoms with Crippen LogP contribution in [-0.2, 0) is 0 Å². The topological polar surface area (TPSA) is 55.1 Å². The molecule has 0 aromatic heterocycles. The summed E-state index contributed by atoms with van der Waals surface area (Å²) in [6.45, 7) is 8.52. The average Bonchev–Trinajstić information content (AvgIpc) is 2.25. The number of aryl methyl sites for hydroxylation is 2. The fourth-order valence-electron chi connectivity index (χ4n) is 1.71. The van der Waals surface area contributed by atoms with E-state index in [0.29, 0.717) is 12.5 Å². The lowest BCUT2D eigenvalue weighted by Crippen LogP contribution is -2.40. The fraction of sp³-hybridized carbons (Fsp3) is 0.500. The Hall–Kier alpha value is -1.35. The average molecular weight is 234 g/mol. The fourth-order valence-corrected chi connectivity index (χ4v) is 1.71. The molecule has 1 rings (SSSR count). The quantitative estimate of drug-likeness (QED) is 0.837. The molecule has 3 nitrogen and oxygen atoms in total. The molecule has 0 spiro atoms. The second kappa shape index (κ2) is 5.82. The van der Waals surface area contributed by atoms with Gasteiger partial charge in [0, 0.05) is 18.2 Å². The Morgan fingerprint density at radius 2 is 1.82 bits per heavy atom. The van der Waals surface area contributed by atoms with Crippen LogP contribution in [0.25, 0.3) is 0 Å². The van der Waals surface area contributed by atoms with Gasteiger partial charge in [0.25, 0.3) is 5.91 Å². The second-order valence-electron chi connectivity index (χ2n) is 4.88. The molecule has 0 radical (unpaired) electrons. The van der Waals surface area contributed by atoms with Crippen molar-refractivity contribution in [1.29, 1.82) is 0 Å². The molecule has 1 atom stereocenters. The predicted molar refractivity (Wildman–Crippen MR) is 71.1 cm³/mol. The zero-order valence-electron chi connectivity index (χ0n) is 11.1. The number of carbonyl (C=O) groups excluding carboxylic acids is 1. The van der Waals surface area contributed by atoms with Crippen LogP contribution >= 0.6 is 0 Å². The Labute approximate surface area is 103 Å². The minimum absolute atomic E-state index is 0.00303. The van der Waals surface area contributed by atoms with Crippen molar-refractivity contribution >= 4 is 5.91 Å². The van der Waals surface area contributed by atoms with Crippen molar-refractivity contribution in [3.8, 4) is 0 Å². The van der Waals surface area contributed by atoms with Gasteiger partial charge in [-0.2, -0.15) is 0 Å². The molecule has 0 heterocycles. The summed E-state index contributed by atoms with van der Waals surface area (Å²) in [5.41, 5.74) is 8.67. The normalized spacial score (nSPS) is 12.6. The second-order valence-corrected chi connectivity index (χ2v) is 4.88. The Balaban J connectivity index is 2.71. The summed E-state index contributed by atoms with van der Waals surface area (Å²) in [5, 5.41) is 2.90. The number of nitrogens with two attached hydrogens (primary N) is 1. The maximum absolute atomic E-state index is 12.0. The Kier molecular flexibility index (Phi) is 4.70. The monoisotopic (exact) mass is 234 g/mol. The molecular weight excluding hydrogens is 212 g/mol. The molecule has 0 fully saturated rings. The Morgan fingerprint density at radius 1 is 1.29 bits per heavy atom. The molecule has 0 aliphatic heterocycles. The van der Waals surface area contributed by atoms with Crippen molar-refractivity contribution in [3.05, 3.63) is 34.9 Å². The Morgan fingerprint density at radius 3 is 2.29 bits per heavy atom. The van der Waals surface area contributed by atoms with Gasteiger partial charge in [0.1, 0.15) is 0 Å². The summed E-state index contributed by atoms with van der Waals surface area (Å²) in [5.74, 6) is 0.338. The van der Waals surface area contributed by atoms with Crippen molar-refractivity contribution in [1.82, 2.24) is 5.32 Å². The SMILES string of the molecule is Cc1cccc(C)c1C(=O)NCC(N)C(C)C. The molecule has 0 bridgehead atoms. The van der Waals surface area contributed by atoms with Gasteiger partial charge in [-0.1, -0.05) is 32.0 Å². The molecule has 0 saturated carbocycles. The molecular formula is C14H22N2O. The van der Waals surface area contributed by atoms with E-state index in [1.807, 2.05) is 32.0 Å². The zero-order chi connectivity index (χ0) is 13.0. The summed E-state index contributed by atoms with van der Waals surface area (Å²) < 4.78 is 0. The molecule has 1 aromatic carbocycles. The maximum Gasteiger partial charge on any atom is 0.251 e. The van der Waals surface area contributed by atoms with E-state index in [0.717, 1.165) is 16.7 Å². The van der Waals surface area contributed by atoms with Crippen molar-refractivity contribution < 1.29 is 4.79 Å². The molecule has 3 heteroatoms. The number of hydrogen-bond donors (Lipinski definition) is 2. The Bertz CT molecular complexity index is 379. The first-order chi connectivity index (χ1) is 7.93. The van der Waals surface area contributed by atoms with E-state index in [-0.39, 0.29) is 11.9 Å². The number of benzene rings is 1. The first-order valence-electron chi connectivity index (χ1n) is 6.03. The van der Waals surface area contributed by atoms with E-state index in [1.165, 1.54) is 0 Å². The number of amides is 1. The molecule has 0 aliphatic carbocycles. The minimum atomic E-state index is -0.0308. The number of carbonyl (C=O) groups is 1. The lowest BCUT2D eigenvalue weighted by Gasteiger charge is -2.17. The van der Waals surface area contributed by atoms with E-state index < -0.39 is 0 Å². The minimum Gasteiger partial charge on any atom is -0.350 e. The first-order valence-corrected chi connectivity index (χ1v) is 6.03. The summed E-state index contributed by atoms with van der Waals surface area (Å²) in [6, 6.07) is 5.86. The zero-order valence-corrected chi connectivity index (χ0v) is 11.1. The van der Waals surface area contributed by atoms with Crippen LogP contribution in [0.15, 0.2) is 18.2 Å². The van der Waals surface area contributed by atoms with E-state index in [2.05, 4.69) is 19.2 Å². The molecule has 94 valence electrons. The lowest BCUT2D eigenvalue weighted by molar-refractivity contribution is 0.0948. The summed E-state index contributed by atoms with van der Waals surface area (Å²) in [6.07, 6.45) is 0. The third kappa shape index (κ3) is 3.56. The third-order valence-corrected chi connectivity index (χ3v) is 3.06. The largest absolute Gasteiger partial charge is 0.350 e. The highest BCUT2D eigenvalue weighted by Gasteiger charge is 2.13. The molecule has 1 unspecified atom stereocenters. The van der Waals surface area contributed by atoms with Crippen LogP contribution in [-0.4, -0.2) is 18.5 Å². The van der Waals surface area contributed by atoms with Gasteiger partial charge in [-0.05, 0) is 30.9 Å². The van der Waals surface area contributed by atoms with Gasteiger partial charge in [0.2, 0.25) is 0 Å². The van der Waals surface area contributed by atoms with Gasteiger partial charge in [-0.3, -0.25) is 4.79 Å². The van der Waals surface area contributed by atoms with E-state index >= 15 is 0 Å². The molecule has 0 saturated heterocycles. The van der Waals surface area contributed by atoms with Crippen LogP contribution in [0, 0.1) is 19.8 Å². The number of nitrogens with one attached hydrogen (secondary N) is 1. The molecule has 0 aliphatic rings. The van der Waals surface area contributed by atoms with Crippen LogP contribution < -0.4 is 11.1 Å². The molecule has 1 amide bonds. The molecule has 3 N–H and O–H groups in total. The van der Waals surface area contributed by atoms with Gasteiger partial charge in [-0.15, -0.1) is 0 Å². The first kappa shape index (κ1) is 13.7. The lowest BCUT2D eigenvalue weighted by atomic mass is 10.0. The summed E-state index contributed by atoms with van der Waals surface area (Å²) in [7, 11) is 0. The van der Waals surface area contributed by atoms with Crippen LogP contribution in [0.5, 0.6) is 0 Å². The molecule has 17 heavy (non-hydrogen) atoms. The van der Waals surface area contributed by atoms with Crippen LogP contribution in [0.4, 0.5) is 0 Å². The van der Waals surface area contributed by atoms with Gasteiger partial charge in [-0.25, -0.2) is 0 Å². The highest BCUT2D eigenvalue weighted by molar-refractivity contribution is 5.97. The van der Waals surface area contributed by atoms with Crippen LogP contribution in [0.2, 0.25) is 0 Å². The highest BCUT2D eigenvalue weighted by Crippen LogP contribution is 2.12. The van der Waals surface area contributed by atoms with E-state index in [4.69, 9.17) is 5.73 Å². The highest BCUT2D eigenvalue weighted by atomic mass is 16.1. The predicted octanol–water partition coefficient (Wildman–Crippen LogP) is 2.02. The van der Waals surface area contributed by atoms with Crippen molar-refractivity contribution in [2.24, 2.45) is 11.7 Å². The van der Waals surface area contributed by atoms with Crippen molar-refractivity contribution in [2.75, 3.05) is 6.54 Å². The van der Waals surface area contributed by atoms with E-state index in [1.54, 1.807) is 0 Å². The van der Waals surface area contributed by atoms with Gasteiger partial charge >= 0.3 is 0 Å². The van der Waals surface area contributed by atoms with Crippen molar-refractivity contribution in [3.63, 3.8) is 0 Å². The van der Waals surface area contributed by atoms with Crippen LogP contribution in [0.3, 0.4) is 0 Å². The standard InChI is InChI=1S/C14H22N2O/c1-9(2)12(15)8-16-14(17)13-10(3)6-5-7-11(13)4/h5-7,9,12H,8,15H2,1-4H3,(H,16,17). The maximum atomic E-state index is 12.0. The van der Waals surface area contributed by atoms with Gasteiger partial charge < -0.3 is 11.1 Å². The van der Waals surface area contributed by atoms with Crippen LogP contribution in [0.1, 0.15) is 35.3 Å². The molecule has 1 aromatic rings. The van der Waals surface area contributed by atoms with E-state index in [9.17, 15) is 4.79 Å².